The second-order valence-corrected chi connectivity index (χ2v) is 4.10. The molecule has 0 radical (unpaired) electrons. The van der Waals surface area contributed by atoms with Crippen LogP contribution in [0.25, 0.3) is 0 Å². The van der Waals surface area contributed by atoms with E-state index in [0.717, 1.165) is 0 Å². The van der Waals surface area contributed by atoms with Crippen LogP contribution in [0.15, 0.2) is 53.2 Å². The summed E-state index contributed by atoms with van der Waals surface area (Å²) in [5.74, 6) is 0. The van der Waals surface area contributed by atoms with Gasteiger partial charge in [0.05, 0.1) is 5.54 Å². The van der Waals surface area contributed by atoms with Crippen LogP contribution < -0.4 is 0 Å². The van der Waals surface area contributed by atoms with Crippen LogP contribution in [0.5, 0.6) is 0 Å². The third-order valence-electron chi connectivity index (χ3n) is 3.07. The molecule has 2 nitrogen and oxygen atoms in total. The zero-order chi connectivity index (χ0) is 12.0. The van der Waals surface area contributed by atoms with Crippen molar-refractivity contribution in [2.75, 3.05) is 14.1 Å². The maximum atomic E-state index is 3.90. The molecule has 0 amide bonds. The predicted octanol–water partition coefficient (Wildman–Crippen LogP) is 2.96. The second-order valence-electron chi connectivity index (χ2n) is 4.10. The Morgan fingerprint density at radius 2 is 2.06 bits per heavy atom. The van der Waals surface area contributed by atoms with E-state index in [1.54, 1.807) is 13.3 Å². The normalized spacial score (nSPS) is 26.2. The third-order valence-corrected chi connectivity index (χ3v) is 3.07. The molecule has 0 fully saturated rings. The Morgan fingerprint density at radius 3 is 2.69 bits per heavy atom. The first kappa shape index (κ1) is 12.5. The van der Waals surface area contributed by atoms with Crippen LogP contribution >= 0.6 is 0 Å². The molecule has 0 aromatic heterocycles. The molecule has 1 aliphatic rings. The van der Waals surface area contributed by atoms with Crippen LogP contribution in [0.2, 0.25) is 0 Å². The highest BCUT2D eigenvalue weighted by Gasteiger charge is 2.26. The van der Waals surface area contributed by atoms with Crippen molar-refractivity contribution in [1.82, 2.24) is 4.90 Å². The summed E-state index contributed by atoms with van der Waals surface area (Å²) in [7, 11) is 3.86. The third kappa shape index (κ3) is 2.72. The Labute approximate surface area is 98.4 Å². The van der Waals surface area contributed by atoms with Gasteiger partial charge >= 0.3 is 0 Å². The first-order chi connectivity index (χ1) is 7.61. The lowest BCUT2D eigenvalue weighted by Gasteiger charge is -2.38. The largest absolute Gasteiger partial charge is 0.368 e. The topological polar surface area (TPSA) is 15.6 Å². The van der Waals surface area contributed by atoms with E-state index in [9.17, 15) is 0 Å². The number of rotatable bonds is 3. The standard InChI is InChI=1S/C14H20N2/c1-13(9-5-7-11-15-3)14(2)10-6-8-12-16(14)4/h5-12H,1-4H3/b7-5-,13-9+,15-11+. The van der Waals surface area contributed by atoms with Crippen molar-refractivity contribution in [3.63, 3.8) is 0 Å². The number of nitrogens with zero attached hydrogens (tertiary/aromatic N) is 2. The fourth-order valence-electron chi connectivity index (χ4n) is 1.61. The van der Waals surface area contributed by atoms with E-state index >= 15 is 0 Å². The molecule has 0 aromatic carbocycles. The maximum Gasteiger partial charge on any atom is 0.0763 e. The molecule has 1 rings (SSSR count). The van der Waals surface area contributed by atoms with Gasteiger partial charge in [0, 0.05) is 20.3 Å². The summed E-state index contributed by atoms with van der Waals surface area (Å²) in [6, 6.07) is 0. The van der Waals surface area contributed by atoms with Gasteiger partial charge in [-0.3, -0.25) is 4.99 Å². The summed E-state index contributed by atoms with van der Waals surface area (Å²) < 4.78 is 0. The second kappa shape index (κ2) is 5.50. The molecule has 0 saturated carbocycles. The summed E-state index contributed by atoms with van der Waals surface area (Å²) in [6.45, 7) is 4.36. The van der Waals surface area contributed by atoms with Gasteiger partial charge in [0.15, 0.2) is 0 Å². The average Bonchev–Trinajstić information content (AvgIpc) is 2.28. The van der Waals surface area contributed by atoms with E-state index in [0.29, 0.717) is 0 Å². The molecule has 1 aliphatic heterocycles. The number of likely N-dealkylation sites (N-methyl/N-ethyl adjacent to an activating group) is 1. The minimum atomic E-state index is -0.0253. The summed E-state index contributed by atoms with van der Waals surface area (Å²) in [5, 5.41) is 0. The van der Waals surface area contributed by atoms with Crippen LogP contribution in [-0.4, -0.2) is 30.7 Å². The summed E-state index contributed by atoms with van der Waals surface area (Å²) in [5.41, 5.74) is 1.28. The van der Waals surface area contributed by atoms with Gasteiger partial charge in [0.2, 0.25) is 0 Å². The summed E-state index contributed by atoms with van der Waals surface area (Å²) >= 11 is 0. The molecule has 16 heavy (non-hydrogen) atoms. The Morgan fingerprint density at radius 1 is 1.31 bits per heavy atom. The zero-order valence-electron chi connectivity index (χ0n) is 10.5. The minimum Gasteiger partial charge on any atom is -0.368 e. The molecular formula is C14H20N2. The van der Waals surface area contributed by atoms with E-state index in [1.165, 1.54) is 5.57 Å². The van der Waals surface area contributed by atoms with E-state index in [1.807, 2.05) is 12.2 Å². The van der Waals surface area contributed by atoms with Crippen molar-refractivity contribution in [2.45, 2.75) is 19.4 Å². The lowest BCUT2D eigenvalue weighted by molar-refractivity contribution is 0.301. The van der Waals surface area contributed by atoms with Gasteiger partial charge in [-0.05, 0) is 37.8 Å². The molecule has 0 saturated heterocycles. The van der Waals surface area contributed by atoms with Crippen molar-refractivity contribution >= 4 is 6.21 Å². The molecule has 0 bridgehead atoms. The molecular weight excluding hydrogens is 196 g/mol. The van der Waals surface area contributed by atoms with Crippen LogP contribution in [0.3, 0.4) is 0 Å². The van der Waals surface area contributed by atoms with Crippen LogP contribution in [0.1, 0.15) is 13.8 Å². The average molecular weight is 216 g/mol. The number of allylic oxidation sites excluding steroid dienone is 5. The van der Waals surface area contributed by atoms with Crippen molar-refractivity contribution in [3.05, 3.63) is 48.2 Å². The molecule has 1 atom stereocenters. The Bertz CT molecular complexity index is 372. The monoisotopic (exact) mass is 216 g/mol. The Hall–Kier alpha value is -1.57. The molecule has 0 aromatic rings. The molecule has 0 aliphatic carbocycles. The smallest absolute Gasteiger partial charge is 0.0763 e. The SMILES string of the molecule is C/N=C/C=C\C=C(/C)C1(C)C=CC=CN1C. The summed E-state index contributed by atoms with van der Waals surface area (Å²) in [4.78, 5) is 6.11. The first-order valence-corrected chi connectivity index (χ1v) is 5.46. The van der Waals surface area contributed by atoms with Gasteiger partial charge in [0.1, 0.15) is 0 Å². The number of hydrogen-bond donors (Lipinski definition) is 0. The van der Waals surface area contributed by atoms with E-state index in [-0.39, 0.29) is 5.54 Å². The van der Waals surface area contributed by atoms with Crippen molar-refractivity contribution in [3.8, 4) is 0 Å². The van der Waals surface area contributed by atoms with Crippen LogP contribution in [0, 0.1) is 0 Å². The highest BCUT2D eigenvalue weighted by atomic mass is 15.1. The highest BCUT2D eigenvalue weighted by molar-refractivity contribution is 5.71. The summed E-state index contributed by atoms with van der Waals surface area (Å²) in [6.07, 6.45) is 16.3. The molecule has 0 spiro atoms. The molecule has 2 heteroatoms. The van der Waals surface area contributed by atoms with Gasteiger partial charge in [0.25, 0.3) is 0 Å². The first-order valence-electron chi connectivity index (χ1n) is 5.46. The maximum absolute atomic E-state index is 3.90. The number of aliphatic imine (C=N–C) groups is 1. The molecule has 0 N–H and O–H groups in total. The van der Waals surface area contributed by atoms with Gasteiger partial charge in [-0.25, -0.2) is 0 Å². The van der Waals surface area contributed by atoms with Crippen molar-refractivity contribution in [1.29, 1.82) is 0 Å². The van der Waals surface area contributed by atoms with E-state index < -0.39 is 0 Å². The molecule has 1 heterocycles. The molecule has 1 unspecified atom stereocenters. The fraction of sp³-hybridized carbons (Fsp3) is 0.357. The van der Waals surface area contributed by atoms with Gasteiger partial charge in [-0.2, -0.15) is 0 Å². The van der Waals surface area contributed by atoms with Gasteiger partial charge < -0.3 is 4.90 Å². The predicted molar refractivity (Wildman–Crippen MR) is 71.8 cm³/mol. The van der Waals surface area contributed by atoms with E-state index in [2.05, 4.69) is 61.3 Å². The lowest BCUT2D eigenvalue weighted by Crippen LogP contribution is -2.40. The zero-order valence-corrected chi connectivity index (χ0v) is 10.5. The van der Waals surface area contributed by atoms with Crippen molar-refractivity contribution in [2.24, 2.45) is 4.99 Å². The van der Waals surface area contributed by atoms with Gasteiger partial charge in [-0.15, -0.1) is 0 Å². The molecule has 86 valence electrons. The number of hydrogen-bond acceptors (Lipinski definition) is 2. The Balaban J connectivity index is 2.83. The minimum absolute atomic E-state index is 0.0253. The quantitative estimate of drug-likeness (QED) is 0.523. The van der Waals surface area contributed by atoms with Crippen molar-refractivity contribution < 1.29 is 0 Å². The Kier molecular flexibility index (Phi) is 4.29. The fourth-order valence-corrected chi connectivity index (χ4v) is 1.61. The van der Waals surface area contributed by atoms with Crippen LogP contribution in [-0.2, 0) is 0 Å². The van der Waals surface area contributed by atoms with Crippen LogP contribution in [0.4, 0.5) is 0 Å². The lowest BCUT2D eigenvalue weighted by atomic mass is 9.89. The highest BCUT2D eigenvalue weighted by Crippen LogP contribution is 2.27. The van der Waals surface area contributed by atoms with E-state index in [4.69, 9.17) is 0 Å². The van der Waals surface area contributed by atoms with Gasteiger partial charge in [-0.1, -0.05) is 24.3 Å².